The summed E-state index contributed by atoms with van der Waals surface area (Å²) in [6.45, 7) is 0. The van der Waals surface area contributed by atoms with Crippen LogP contribution in [0.2, 0.25) is 0 Å². The minimum atomic E-state index is 0.0930. The molecule has 4 aromatic rings. The molecule has 0 aliphatic heterocycles. The number of ketones is 1. The van der Waals surface area contributed by atoms with Crippen molar-refractivity contribution in [1.82, 2.24) is 19.7 Å². The number of carbonyl (C=O) groups is 1. The molecule has 0 saturated heterocycles. The second-order valence-corrected chi connectivity index (χ2v) is 8.24. The average Bonchev–Trinajstić information content (AvgIpc) is 3.57. The monoisotopic (exact) mass is 412 g/mol. The molecule has 0 N–H and O–H groups in total. The first kappa shape index (κ1) is 18.8. The number of benzene rings is 2. The van der Waals surface area contributed by atoms with E-state index in [1.807, 2.05) is 54.6 Å². The predicted molar refractivity (Wildman–Crippen MR) is 118 cm³/mol. The Morgan fingerprint density at radius 2 is 1.57 bits per heavy atom. The SMILES string of the molecule is O=C(CSc1nnc(-c2ccncc2)n1C1CC1)c1ccc(-c2ccccc2)cc1. The Labute approximate surface area is 179 Å². The van der Waals surface area contributed by atoms with Gasteiger partial charge in [0.2, 0.25) is 0 Å². The van der Waals surface area contributed by atoms with E-state index < -0.39 is 0 Å². The number of hydrogen-bond acceptors (Lipinski definition) is 5. The van der Waals surface area contributed by atoms with Gasteiger partial charge in [-0.05, 0) is 36.1 Å². The van der Waals surface area contributed by atoms with E-state index in [9.17, 15) is 4.79 Å². The van der Waals surface area contributed by atoms with E-state index in [0.717, 1.165) is 40.5 Å². The number of aromatic nitrogens is 4. The van der Waals surface area contributed by atoms with Crippen LogP contribution >= 0.6 is 11.8 Å². The first-order valence-corrected chi connectivity index (χ1v) is 10.9. The summed E-state index contributed by atoms with van der Waals surface area (Å²) >= 11 is 1.46. The summed E-state index contributed by atoms with van der Waals surface area (Å²) in [5.41, 5.74) is 3.97. The number of thioether (sulfide) groups is 1. The fourth-order valence-corrected chi connectivity index (χ4v) is 4.33. The maximum atomic E-state index is 12.8. The maximum Gasteiger partial charge on any atom is 0.192 e. The van der Waals surface area contributed by atoms with Crippen LogP contribution in [0.5, 0.6) is 0 Å². The van der Waals surface area contributed by atoms with Gasteiger partial charge in [0.1, 0.15) is 0 Å². The van der Waals surface area contributed by atoms with Crippen LogP contribution in [0.15, 0.2) is 84.3 Å². The molecule has 1 fully saturated rings. The molecular formula is C24H20N4OS. The van der Waals surface area contributed by atoms with Gasteiger partial charge >= 0.3 is 0 Å². The van der Waals surface area contributed by atoms with E-state index in [1.165, 1.54) is 11.8 Å². The van der Waals surface area contributed by atoms with Crippen LogP contribution in [0.25, 0.3) is 22.5 Å². The molecule has 2 heterocycles. The van der Waals surface area contributed by atoms with Crippen LogP contribution in [-0.2, 0) is 0 Å². The lowest BCUT2D eigenvalue weighted by Gasteiger charge is -2.08. The predicted octanol–water partition coefficient (Wildman–Crippen LogP) is 5.32. The molecule has 0 spiro atoms. The Morgan fingerprint density at radius 1 is 0.867 bits per heavy atom. The highest BCUT2D eigenvalue weighted by atomic mass is 32.2. The summed E-state index contributed by atoms with van der Waals surface area (Å²) in [7, 11) is 0. The molecule has 0 amide bonds. The molecule has 30 heavy (non-hydrogen) atoms. The first-order chi connectivity index (χ1) is 14.8. The highest BCUT2D eigenvalue weighted by Gasteiger charge is 2.30. The van der Waals surface area contributed by atoms with Crippen LogP contribution in [0.4, 0.5) is 0 Å². The van der Waals surface area contributed by atoms with Crippen molar-refractivity contribution in [2.45, 2.75) is 24.0 Å². The molecule has 5 rings (SSSR count). The van der Waals surface area contributed by atoms with Crippen molar-refractivity contribution in [2.24, 2.45) is 0 Å². The van der Waals surface area contributed by atoms with Crippen LogP contribution in [0, 0.1) is 0 Å². The molecule has 148 valence electrons. The standard InChI is InChI=1S/C24H20N4OS/c29-22(19-8-6-18(7-9-19)17-4-2-1-3-5-17)16-30-24-27-26-23(28(24)21-10-11-21)20-12-14-25-15-13-20/h1-9,12-15,21H,10-11,16H2. The Morgan fingerprint density at radius 3 is 2.27 bits per heavy atom. The summed E-state index contributed by atoms with van der Waals surface area (Å²) < 4.78 is 2.17. The van der Waals surface area contributed by atoms with Crippen molar-refractivity contribution in [1.29, 1.82) is 0 Å². The van der Waals surface area contributed by atoms with Crippen molar-refractivity contribution in [3.8, 4) is 22.5 Å². The topological polar surface area (TPSA) is 60.7 Å². The van der Waals surface area contributed by atoms with Gasteiger partial charge in [-0.15, -0.1) is 10.2 Å². The molecule has 0 radical (unpaired) electrons. The number of carbonyl (C=O) groups excluding carboxylic acids is 1. The number of rotatable bonds is 7. The molecule has 2 aromatic heterocycles. The van der Waals surface area contributed by atoms with Crippen LogP contribution in [0.3, 0.4) is 0 Å². The van der Waals surface area contributed by atoms with Gasteiger partial charge in [-0.1, -0.05) is 66.4 Å². The second kappa shape index (κ2) is 8.24. The van der Waals surface area contributed by atoms with Crippen LogP contribution in [0.1, 0.15) is 29.2 Å². The van der Waals surface area contributed by atoms with Crippen LogP contribution < -0.4 is 0 Å². The van der Waals surface area contributed by atoms with E-state index in [-0.39, 0.29) is 5.78 Å². The van der Waals surface area contributed by atoms with Crippen molar-refractivity contribution < 1.29 is 4.79 Å². The van der Waals surface area contributed by atoms with Gasteiger partial charge in [0.25, 0.3) is 0 Å². The lowest BCUT2D eigenvalue weighted by Crippen LogP contribution is -2.05. The smallest absolute Gasteiger partial charge is 0.192 e. The molecule has 1 aliphatic rings. The van der Waals surface area contributed by atoms with Gasteiger partial charge in [0.05, 0.1) is 5.75 Å². The number of hydrogen-bond donors (Lipinski definition) is 0. The zero-order valence-corrected chi connectivity index (χ0v) is 17.1. The van der Waals surface area contributed by atoms with Gasteiger partial charge in [-0.2, -0.15) is 0 Å². The van der Waals surface area contributed by atoms with E-state index in [0.29, 0.717) is 17.4 Å². The highest BCUT2D eigenvalue weighted by molar-refractivity contribution is 7.99. The Kier molecular flexibility index (Phi) is 5.15. The highest BCUT2D eigenvalue weighted by Crippen LogP contribution is 2.41. The van der Waals surface area contributed by atoms with Gasteiger partial charge in [-0.3, -0.25) is 14.3 Å². The van der Waals surface area contributed by atoms with Gasteiger partial charge in [-0.25, -0.2) is 0 Å². The largest absolute Gasteiger partial charge is 0.299 e. The first-order valence-electron chi connectivity index (χ1n) is 9.96. The number of pyridine rings is 1. The molecule has 2 aromatic carbocycles. The minimum Gasteiger partial charge on any atom is -0.299 e. The third-order valence-electron chi connectivity index (χ3n) is 5.16. The fraction of sp³-hybridized carbons (Fsp3) is 0.167. The molecule has 6 heteroatoms. The second-order valence-electron chi connectivity index (χ2n) is 7.30. The molecule has 0 atom stereocenters. The summed E-state index contributed by atoms with van der Waals surface area (Å²) in [6.07, 6.45) is 5.77. The van der Waals surface area contributed by atoms with Gasteiger partial charge in [0.15, 0.2) is 16.8 Å². The summed E-state index contributed by atoms with van der Waals surface area (Å²) in [5.74, 6) is 1.28. The lowest BCUT2D eigenvalue weighted by molar-refractivity contribution is 0.102. The van der Waals surface area contributed by atoms with Gasteiger partial charge in [0, 0.05) is 29.6 Å². The summed E-state index contributed by atoms with van der Waals surface area (Å²) in [5, 5.41) is 9.58. The van der Waals surface area contributed by atoms with E-state index in [4.69, 9.17) is 0 Å². The average molecular weight is 413 g/mol. The zero-order chi connectivity index (χ0) is 20.3. The summed E-state index contributed by atoms with van der Waals surface area (Å²) in [6, 6.07) is 22.3. The van der Waals surface area contributed by atoms with E-state index >= 15 is 0 Å². The molecule has 0 bridgehead atoms. The molecule has 5 nitrogen and oxygen atoms in total. The summed E-state index contributed by atoms with van der Waals surface area (Å²) in [4.78, 5) is 16.8. The third kappa shape index (κ3) is 3.91. The van der Waals surface area contributed by atoms with E-state index in [1.54, 1.807) is 12.4 Å². The van der Waals surface area contributed by atoms with Crippen molar-refractivity contribution in [3.05, 3.63) is 84.7 Å². The van der Waals surface area contributed by atoms with Crippen LogP contribution in [-0.4, -0.2) is 31.3 Å². The number of nitrogens with zero attached hydrogens (tertiary/aromatic N) is 4. The molecule has 1 aliphatic carbocycles. The Hall–Kier alpha value is -3.25. The van der Waals surface area contributed by atoms with Crippen molar-refractivity contribution >= 4 is 17.5 Å². The molecule has 0 unspecified atom stereocenters. The number of Topliss-reactive ketones (excluding diaryl/α,β-unsaturated/α-hetero) is 1. The van der Waals surface area contributed by atoms with E-state index in [2.05, 4.69) is 31.9 Å². The Balaban J connectivity index is 1.31. The zero-order valence-electron chi connectivity index (χ0n) is 16.3. The quantitative estimate of drug-likeness (QED) is 0.304. The van der Waals surface area contributed by atoms with Gasteiger partial charge < -0.3 is 0 Å². The normalized spacial score (nSPS) is 13.3. The molecule has 1 saturated carbocycles. The van der Waals surface area contributed by atoms with Crippen molar-refractivity contribution in [2.75, 3.05) is 5.75 Å². The Bertz CT molecular complexity index is 1150. The molecular weight excluding hydrogens is 392 g/mol. The van der Waals surface area contributed by atoms with Crippen molar-refractivity contribution in [3.63, 3.8) is 0 Å². The maximum absolute atomic E-state index is 12.8. The lowest BCUT2D eigenvalue weighted by atomic mass is 10.0. The minimum absolute atomic E-state index is 0.0930. The third-order valence-corrected chi connectivity index (χ3v) is 6.10. The fourth-order valence-electron chi connectivity index (χ4n) is 3.43.